The van der Waals surface area contributed by atoms with E-state index < -0.39 is 11.2 Å². The van der Waals surface area contributed by atoms with Crippen LogP contribution in [0.1, 0.15) is 22.6 Å². The third-order valence-electron chi connectivity index (χ3n) is 4.92. The van der Waals surface area contributed by atoms with Crippen molar-refractivity contribution in [1.29, 1.82) is 0 Å². The maximum atomic E-state index is 12.7. The summed E-state index contributed by atoms with van der Waals surface area (Å²) in [6.45, 7) is 0. The van der Waals surface area contributed by atoms with Gasteiger partial charge in [0.05, 0.1) is 24.4 Å². The monoisotopic (exact) mass is 361 g/mol. The molecule has 0 saturated heterocycles. The Labute approximate surface area is 152 Å². The second-order valence-corrected chi connectivity index (χ2v) is 6.39. The van der Waals surface area contributed by atoms with Gasteiger partial charge in [0.15, 0.2) is 0 Å². The molecule has 0 saturated carbocycles. The van der Waals surface area contributed by atoms with E-state index in [1.807, 2.05) is 36.4 Å². The van der Waals surface area contributed by atoms with Crippen molar-refractivity contribution < 1.29 is 4.74 Å². The van der Waals surface area contributed by atoms with Crippen molar-refractivity contribution in [3.8, 4) is 5.75 Å². The number of nitrogens with zero attached hydrogens (tertiary/aromatic N) is 1. The van der Waals surface area contributed by atoms with Crippen molar-refractivity contribution in [2.24, 2.45) is 0 Å². The Morgan fingerprint density at radius 1 is 1.00 bits per heavy atom. The van der Waals surface area contributed by atoms with Crippen LogP contribution in [0, 0.1) is 0 Å². The lowest BCUT2D eigenvalue weighted by Crippen LogP contribution is -2.32. The molecule has 134 valence electrons. The van der Waals surface area contributed by atoms with E-state index in [0.717, 1.165) is 33.5 Å². The number of methoxy groups -OCH3 is 1. The number of hydrogen-bond donors (Lipinski definition) is 4. The highest BCUT2D eigenvalue weighted by Crippen LogP contribution is 2.45. The topological polar surface area (TPSA) is 116 Å². The Kier molecular flexibility index (Phi) is 3.20. The number of rotatable bonds is 2. The largest absolute Gasteiger partial charge is 0.497 e. The van der Waals surface area contributed by atoms with Crippen LogP contribution in [0.15, 0.2) is 52.2 Å². The first kappa shape index (κ1) is 15.4. The van der Waals surface area contributed by atoms with E-state index in [0.29, 0.717) is 11.4 Å². The fourth-order valence-corrected chi connectivity index (χ4v) is 3.72. The van der Waals surface area contributed by atoms with Crippen molar-refractivity contribution in [2.45, 2.75) is 5.92 Å². The zero-order valence-corrected chi connectivity index (χ0v) is 14.3. The molecule has 3 heterocycles. The molecule has 1 unspecified atom stereocenters. The van der Waals surface area contributed by atoms with Crippen LogP contribution >= 0.6 is 0 Å². The minimum absolute atomic E-state index is 0.382. The maximum absolute atomic E-state index is 12.7. The number of H-pyrrole nitrogens is 3. The molecule has 0 radical (unpaired) electrons. The van der Waals surface area contributed by atoms with Crippen molar-refractivity contribution in [3.63, 3.8) is 0 Å². The van der Waals surface area contributed by atoms with E-state index in [-0.39, 0.29) is 5.92 Å². The van der Waals surface area contributed by atoms with Gasteiger partial charge in [0.25, 0.3) is 5.56 Å². The Bertz CT molecular complexity index is 1280. The zero-order chi connectivity index (χ0) is 18.5. The lowest BCUT2D eigenvalue weighted by Gasteiger charge is -2.28. The molecular weight excluding hydrogens is 346 g/mol. The average molecular weight is 361 g/mol. The molecule has 27 heavy (non-hydrogen) atoms. The highest BCUT2D eigenvalue weighted by atomic mass is 16.5. The first-order chi connectivity index (χ1) is 13.2. The van der Waals surface area contributed by atoms with Gasteiger partial charge in [0.1, 0.15) is 11.6 Å². The highest BCUT2D eigenvalue weighted by Gasteiger charge is 2.32. The molecule has 1 aliphatic heterocycles. The lowest BCUT2D eigenvalue weighted by atomic mass is 9.81. The first-order valence-corrected chi connectivity index (χ1v) is 8.39. The number of hydrogen-bond acceptors (Lipinski definition) is 5. The van der Waals surface area contributed by atoms with Gasteiger partial charge in [-0.25, -0.2) is 4.79 Å². The standard InChI is InChI=1S/C19H15N5O3/c1-27-11-5-2-9(3-6-11)13-14-12(7-4-10-8-20-24-16(10)14)21-17-15(13)18(25)23-19(26)22-17/h2-8,13H,1H3,(H,20,24)(H3,21,22,23,25,26). The van der Waals surface area contributed by atoms with Crippen LogP contribution in [0.4, 0.5) is 11.5 Å². The highest BCUT2D eigenvalue weighted by molar-refractivity contribution is 5.91. The summed E-state index contributed by atoms with van der Waals surface area (Å²) in [5.41, 5.74) is 2.93. The Morgan fingerprint density at radius 3 is 2.59 bits per heavy atom. The fourth-order valence-electron chi connectivity index (χ4n) is 3.72. The number of fused-ring (bicyclic) bond motifs is 4. The number of aromatic nitrogens is 4. The van der Waals surface area contributed by atoms with Gasteiger partial charge >= 0.3 is 5.69 Å². The molecule has 0 bridgehead atoms. The molecule has 1 aliphatic rings. The summed E-state index contributed by atoms with van der Waals surface area (Å²) < 4.78 is 5.25. The smallest absolute Gasteiger partial charge is 0.327 e. The van der Waals surface area contributed by atoms with Gasteiger partial charge in [0.2, 0.25) is 0 Å². The van der Waals surface area contributed by atoms with Gasteiger partial charge in [-0.2, -0.15) is 5.10 Å². The molecule has 1 atom stereocenters. The summed E-state index contributed by atoms with van der Waals surface area (Å²) in [5, 5.41) is 11.3. The Balaban J connectivity index is 1.85. The van der Waals surface area contributed by atoms with E-state index in [1.165, 1.54) is 0 Å². The second-order valence-electron chi connectivity index (χ2n) is 6.39. The van der Waals surface area contributed by atoms with Crippen LogP contribution in [0.5, 0.6) is 5.75 Å². The molecule has 4 N–H and O–H groups in total. The molecule has 0 aliphatic carbocycles. The third-order valence-corrected chi connectivity index (χ3v) is 4.92. The summed E-state index contributed by atoms with van der Waals surface area (Å²) in [6.07, 6.45) is 1.74. The van der Waals surface area contributed by atoms with E-state index in [4.69, 9.17) is 4.74 Å². The first-order valence-electron chi connectivity index (χ1n) is 8.39. The second kappa shape index (κ2) is 5.60. The van der Waals surface area contributed by atoms with E-state index in [1.54, 1.807) is 13.3 Å². The number of ether oxygens (including phenoxy) is 1. The molecule has 0 amide bonds. The molecule has 0 spiro atoms. The van der Waals surface area contributed by atoms with Gasteiger partial charge in [-0.05, 0) is 29.8 Å². The summed E-state index contributed by atoms with van der Waals surface area (Å²) >= 11 is 0. The molecule has 8 heteroatoms. The summed E-state index contributed by atoms with van der Waals surface area (Å²) in [7, 11) is 1.60. The van der Waals surface area contributed by atoms with Crippen molar-refractivity contribution >= 4 is 22.4 Å². The zero-order valence-electron chi connectivity index (χ0n) is 14.3. The van der Waals surface area contributed by atoms with Crippen molar-refractivity contribution in [3.05, 3.63) is 80.1 Å². The van der Waals surface area contributed by atoms with Crippen molar-refractivity contribution in [1.82, 2.24) is 20.2 Å². The minimum atomic E-state index is -0.550. The maximum Gasteiger partial charge on any atom is 0.327 e. The third kappa shape index (κ3) is 2.27. The normalized spacial score (nSPS) is 15.1. The number of aromatic amines is 3. The van der Waals surface area contributed by atoms with Gasteiger partial charge in [-0.15, -0.1) is 0 Å². The summed E-state index contributed by atoms with van der Waals surface area (Å²) in [6, 6.07) is 11.4. The molecule has 4 aromatic rings. The van der Waals surface area contributed by atoms with E-state index in [9.17, 15) is 9.59 Å². The predicted octanol–water partition coefficient (Wildman–Crippen LogP) is 2.19. The molecule has 2 aromatic heterocycles. The minimum Gasteiger partial charge on any atom is -0.497 e. The van der Waals surface area contributed by atoms with Crippen molar-refractivity contribution in [2.75, 3.05) is 12.4 Å². The predicted molar refractivity (Wildman–Crippen MR) is 101 cm³/mol. The van der Waals surface area contributed by atoms with Gasteiger partial charge in [-0.3, -0.25) is 19.9 Å². The van der Waals surface area contributed by atoms with Gasteiger partial charge in [0, 0.05) is 22.6 Å². The van der Waals surface area contributed by atoms with E-state index in [2.05, 4.69) is 25.5 Å². The van der Waals surface area contributed by atoms with Crippen LogP contribution in [0.2, 0.25) is 0 Å². The van der Waals surface area contributed by atoms with Crippen LogP contribution in [-0.2, 0) is 0 Å². The van der Waals surface area contributed by atoms with Crippen LogP contribution in [0.3, 0.4) is 0 Å². The lowest BCUT2D eigenvalue weighted by molar-refractivity contribution is 0.414. The molecule has 2 aromatic carbocycles. The Morgan fingerprint density at radius 2 is 1.81 bits per heavy atom. The molecule has 5 rings (SSSR count). The van der Waals surface area contributed by atoms with Crippen LogP contribution < -0.4 is 21.3 Å². The summed E-state index contributed by atoms with van der Waals surface area (Å²) in [5.74, 6) is 0.742. The number of benzene rings is 2. The van der Waals surface area contributed by atoms with Gasteiger partial charge in [-0.1, -0.05) is 12.1 Å². The number of nitrogens with one attached hydrogen (secondary N) is 4. The fraction of sp³-hybridized carbons (Fsp3) is 0.105. The average Bonchev–Trinajstić information content (AvgIpc) is 3.15. The SMILES string of the molecule is COc1ccc(C2c3c([nH]c(=O)[nH]c3=O)Nc3ccc4cn[nH]c4c32)cc1. The molecular formula is C19H15N5O3. The van der Waals surface area contributed by atoms with Crippen LogP contribution in [-0.4, -0.2) is 27.3 Å². The van der Waals surface area contributed by atoms with Crippen LogP contribution in [0.25, 0.3) is 10.9 Å². The quantitative estimate of drug-likeness (QED) is 0.385. The molecule has 8 nitrogen and oxygen atoms in total. The summed E-state index contributed by atoms with van der Waals surface area (Å²) in [4.78, 5) is 29.5. The molecule has 0 fully saturated rings. The Hall–Kier alpha value is -3.81. The van der Waals surface area contributed by atoms with E-state index >= 15 is 0 Å². The number of anilines is 2. The van der Waals surface area contributed by atoms with Gasteiger partial charge < -0.3 is 10.1 Å².